The van der Waals surface area contributed by atoms with Crippen molar-refractivity contribution in [2.24, 2.45) is 7.05 Å². The van der Waals surface area contributed by atoms with Crippen LogP contribution in [-0.4, -0.2) is 41.6 Å². The summed E-state index contributed by atoms with van der Waals surface area (Å²) in [4.78, 5) is 23.4. The first-order chi connectivity index (χ1) is 15.6. The number of carbonyl (C=O) groups is 1. The molecule has 0 atom stereocenters. The number of halogens is 1. The van der Waals surface area contributed by atoms with E-state index in [0.717, 1.165) is 39.8 Å². The SMILES string of the molecule is Cn1cc(-c2nc3ccccn3c2NC(=O)N2CCc3[nH]c4ccc(Cl)cc4c3C2)cn1. The van der Waals surface area contributed by atoms with Gasteiger partial charge in [0.2, 0.25) is 0 Å². The number of fused-ring (bicyclic) bond motifs is 4. The van der Waals surface area contributed by atoms with Crippen LogP contribution in [0.1, 0.15) is 11.3 Å². The molecule has 2 N–H and O–H groups in total. The molecule has 0 bridgehead atoms. The van der Waals surface area contributed by atoms with Crippen LogP contribution in [0, 0.1) is 0 Å². The van der Waals surface area contributed by atoms with E-state index in [1.54, 1.807) is 10.9 Å². The quantitative estimate of drug-likeness (QED) is 0.421. The van der Waals surface area contributed by atoms with Crippen molar-refractivity contribution in [2.75, 3.05) is 11.9 Å². The van der Waals surface area contributed by atoms with Gasteiger partial charge in [-0.05, 0) is 30.3 Å². The number of aryl methyl sites for hydroxylation is 1. The number of pyridine rings is 1. The first-order valence-corrected chi connectivity index (χ1v) is 10.8. The zero-order chi connectivity index (χ0) is 21.8. The largest absolute Gasteiger partial charge is 0.358 e. The van der Waals surface area contributed by atoms with E-state index >= 15 is 0 Å². The summed E-state index contributed by atoms with van der Waals surface area (Å²) in [5, 5.41) is 9.12. The topological polar surface area (TPSA) is 83.2 Å². The zero-order valence-electron chi connectivity index (χ0n) is 17.3. The fraction of sp³-hybridized carbons (Fsp3) is 0.174. The highest BCUT2D eigenvalue weighted by atomic mass is 35.5. The van der Waals surface area contributed by atoms with E-state index < -0.39 is 0 Å². The molecule has 32 heavy (non-hydrogen) atoms. The normalized spacial score (nSPS) is 13.6. The second kappa shape index (κ2) is 7.13. The number of amides is 2. The molecule has 2 amide bonds. The number of aromatic amines is 1. The van der Waals surface area contributed by atoms with Gasteiger partial charge in [-0.2, -0.15) is 5.10 Å². The summed E-state index contributed by atoms with van der Waals surface area (Å²) in [5.41, 5.74) is 5.62. The van der Waals surface area contributed by atoms with Crippen molar-refractivity contribution in [2.45, 2.75) is 13.0 Å². The minimum atomic E-state index is -0.164. The monoisotopic (exact) mass is 445 g/mol. The molecule has 6 rings (SSSR count). The highest BCUT2D eigenvalue weighted by Gasteiger charge is 2.26. The van der Waals surface area contributed by atoms with Crippen molar-refractivity contribution in [3.8, 4) is 11.3 Å². The number of urea groups is 1. The second-order valence-corrected chi connectivity index (χ2v) is 8.45. The molecule has 1 aliphatic heterocycles. The Bertz CT molecular complexity index is 1500. The molecule has 0 saturated heterocycles. The fourth-order valence-electron chi connectivity index (χ4n) is 4.40. The first-order valence-electron chi connectivity index (χ1n) is 10.4. The lowest BCUT2D eigenvalue weighted by Gasteiger charge is -2.27. The summed E-state index contributed by atoms with van der Waals surface area (Å²) in [5.74, 6) is 0.631. The number of benzene rings is 1. The van der Waals surface area contributed by atoms with Crippen molar-refractivity contribution in [1.82, 2.24) is 29.0 Å². The first kappa shape index (κ1) is 18.9. The van der Waals surface area contributed by atoms with Crippen molar-refractivity contribution >= 4 is 40.0 Å². The molecule has 0 saturated carbocycles. The Balaban J connectivity index is 1.35. The Kier molecular flexibility index (Phi) is 4.22. The maximum absolute atomic E-state index is 13.3. The van der Waals surface area contributed by atoms with Crippen LogP contribution in [-0.2, 0) is 20.0 Å². The molecule has 0 fully saturated rings. The van der Waals surface area contributed by atoms with E-state index in [0.29, 0.717) is 29.6 Å². The van der Waals surface area contributed by atoms with Gasteiger partial charge in [-0.25, -0.2) is 9.78 Å². The third kappa shape index (κ3) is 3.03. The van der Waals surface area contributed by atoms with Gasteiger partial charge in [0.15, 0.2) is 0 Å². The lowest BCUT2D eigenvalue weighted by molar-refractivity contribution is 0.206. The summed E-state index contributed by atoms with van der Waals surface area (Å²) >= 11 is 6.22. The highest BCUT2D eigenvalue weighted by molar-refractivity contribution is 6.31. The average Bonchev–Trinajstić information content (AvgIpc) is 3.48. The van der Waals surface area contributed by atoms with Gasteiger partial charge >= 0.3 is 6.03 Å². The van der Waals surface area contributed by atoms with E-state index in [4.69, 9.17) is 16.6 Å². The maximum Gasteiger partial charge on any atom is 0.323 e. The molecular weight excluding hydrogens is 426 g/mol. The van der Waals surface area contributed by atoms with Crippen molar-refractivity contribution in [3.05, 3.63) is 71.3 Å². The summed E-state index contributed by atoms with van der Waals surface area (Å²) in [6, 6.07) is 11.4. The summed E-state index contributed by atoms with van der Waals surface area (Å²) < 4.78 is 3.61. The second-order valence-electron chi connectivity index (χ2n) is 8.01. The Morgan fingerprint density at radius 1 is 1.25 bits per heavy atom. The van der Waals surface area contributed by atoms with E-state index in [2.05, 4.69) is 15.4 Å². The lowest BCUT2D eigenvalue weighted by Crippen LogP contribution is -2.39. The van der Waals surface area contributed by atoms with Gasteiger partial charge < -0.3 is 9.88 Å². The molecule has 0 radical (unpaired) electrons. The summed E-state index contributed by atoms with van der Waals surface area (Å²) in [7, 11) is 1.86. The smallest absolute Gasteiger partial charge is 0.323 e. The van der Waals surface area contributed by atoms with Crippen molar-refractivity contribution in [3.63, 3.8) is 0 Å². The molecule has 8 nitrogen and oxygen atoms in total. The van der Waals surface area contributed by atoms with Crippen LogP contribution in [0.5, 0.6) is 0 Å². The van der Waals surface area contributed by atoms with Crippen LogP contribution in [0.25, 0.3) is 27.8 Å². The number of H-pyrrole nitrogens is 1. The van der Waals surface area contributed by atoms with Crippen molar-refractivity contribution in [1.29, 1.82) is 0 Å². The lowest BCUT2D eigenvalue weighted by atomic mass is 10.0. The van der Waals surface area contributed by atoms with Gasteiger partial charge in [0.25, 0.3) is 0 Å². The molecule has 1 aromatic carbocycles. The van der Waals surface area contributed by atoms with E-state index in [9.17, 15) is 4.79 Å². The van der Waals surface area contributed by atoms with E-state index in [1.807, 2.05) is 65.1 Å². The molecule has 5 heterocycles. The summed E-state index contributed by atoms with van der Waals surface area (Å²) in [6.45, 7) is 1.14. The van der Waals surface area contributed by atoms with Crippen LogP contribution in [0.2, 0.25) is 5.02 Å². The van der Waals surface area contributed by atoms with Gasteiger partial charge in [-0.15, -0.1) is 0 Å². The van der Waals surface area contributed by atoms with Gasteiger partial charge in [-0.1, -0.05) is 17.7 Å². The molecule has 0 spiro atoms. The predicted octanol–water partition coefficient (Wildman–Crippen LogP) is 4.46. The van der Waals surface area contributed by atoms with Gasteiger partial charge in [0.1, 0.15) is 17.2 Å². The number of nitrogens with zero attached hydrogens (tertiary/aromatic N) is 5. The van der Waals surface area contributed by atoms with Gasteiger partial charge in [0, 0.05) is 71.7 Å². The third-order valence-electron chi connectivity index (χ3n) is 5.96. The third-order valence-corrected chi connectivity index (χ3v) is 6.19. The number of nitrogens with one attached hydrogen (secondary N) is 2. The molecule has 0 aliphatic carbocycles. The minimum absolute atomic E-state index is 0.164. The number of aromatic nitrogens is 5. The van der Waals surface area contributed by atoms with Crippen LogP contribution in [0.3, 0.4) is 0 Å². The predicted molar refractivity (Wildman–Crippen MR) is 124 cm³/mol. The number of hydrogen-bond donors (Lipinski definition) is 2. The highest BCUT2D eigenvalue weighted by Crippen LogP contribution is 2.32. The van der Waals surface area contributed by atoms with Crippen LogP contribution in [0.4, 0.5) is 10.6 Å². The van der Waals surface area contributed by atoms with Gasteiger partial charge in [0.05, 0.1) is 6.20 Å². The van der Waals surface area contributed by atoms with Gasteiger partial charge in [-0.3, -0.25) is 14.4 Å². The number of rotatable bonds is 2. The number of anilines is 1. The Morgan fingerprint density at radius 2 is 2.16 bits per heavy atom. The molecule has 4 aromatic heterocycles. The van der Waals surface area contributed by atoms with Crippen LogP contribution in [0.15, 0.2) is 55.0 Å². The standard InChI is InChI=1S/C23H20ClN7O/c1-29-12-14(11-25-29)21-22(31-8-3-2-4-20(31)27-21)28-23(32)30-9-7-19-17(13-30)16-10-15(24)5-6-18(16)26-19/h2-6,8,10-12,26H,7,9,13H2,1H3,(H,28,32). The Hall–Kier alpha value is -3.78. The van der Waals surface area contributed by atoms with Crippen molar-refractivity contribution < 1.29 is 4.79 Å². The molecule has 160 valence electrons. The van der Waals surface area contributed by atoms with Crippen LogP contribution < -0.4 is 5.32 Å². The minimum Gasteiger partial charge on any atom is -0.358 e. The Labute approximate surface area is 188 Å². The average molecular weight is 446 g/mol. The zero-order valence-corrected chi connectivity index (χ0v) is 18.1. The van der Waals surface area contributed by atoms with E-state index in [1.165, 1.54) is 0 Å². The number of imidazole rings is 1. The number of carbonyl (C=O) groups excluding carboxylic acids is 1. The van der Waals surface area contributed by atoms with Crippen LogP contribution >= 0.6 is 11.6 Å². The summed E-state index contributed by atoms with van der Waals surface area (Å²) in [6.07, 6.45) is 6.30. The molecule has 5 aromatic rings. The van der Waals surface area contributed by atoms with E-state index in [-0.39, 0.29) is 6.03 Å². The maximum atomic E-state index is 13.3. The molecular formula is C23H20ClN7O. The molecule has 0 unspecified atom stereocenters. The molecule has 1 aliphatic rings. The molecule has 9 heteroatoms. The Morgan fingerprint density at radius 3 is 3.00 bits per heavy atom. The fourth-order valence-corrected chi connectivity index (χ4v) is 4.57. The number of hydrogen-bond acceptors (Lipinski definition) is 3.